The lowest BCUT2D eigenvalue weighted by molar-refractivity contribution is 0.0555. The number of rotatable bonds is 4. The van der Waals surface area contributed by atoms with Gasteiger partial charge in [0.15, 0.2) is 0 Å². The Morgan fingerprint density at radius 1 is 1.23 bits per heavy atom. The third kappa shape index (κ3) is 18.1. The van der Waals surface area contributed by atoms with Crippen LogP contribution in [0.4, 0.5) is 4.79 Å². The highest BCUT2D eigenvalue weighted by atomic mass is 16.7. The van der Waals surface area contributed by atoms with Crippen LogP contribution in [0.25, 0.3) is 0 Å². The largest absolute Gasteiger partial charge is 0.508 e. The molecule has 4 nitrogen and oxygen atoms in total. The minimum Gasteiger partial charge on any atom is -0.434 e. The Morgan fingerprint density at radius 2 is 1.54 bits per heavy atom. The predicted molar refractivity (Wildman–Crippen MR) is 49.2 cm³/mol. The van der Waals surface area contributed by atoms with E-state index in [9.17, 15) is 4.79 Å². The molecule has 0 radical (unpaired) electrons. The van der Waals surface area contributed by atoms with Crippen LogP contribution in [-0.4, -0.2) is 19.4 Å². The average Bonchev–Trinajstić information content (AvgIpc) is 2.12. The monoisotopic (exact) mass is 187 g/mol. The summed E-state index contributed by atoms with van der Waals surface area (Å²) in [5.41, 5.74) is 0. The fraction of sp³-hybridized carbons (Fsp3) is 0.778. The third-order valence-electron chi connectivity index (χ3n) is 0.848. The number of ether oxygens (including phenoxy) is 2. The minimum atomic E-state index is -0.552. The van der Waals surface area contributed by atoms with Gasteiger partial charge in [-0.25, -0.2) is 4.79 Å². The highest BCUT2D eigenvalue weighted by Crippen LogP contribution is 1.88. The van der Waals surface area contributed by atoms with E-state index in [1.54, 1.807) is 6.07 Å². The van der Waals surface area contributed by atoms with Crippen LogP contribution < -0.4 is 0 Å². The van der Waals surface area contributed by atoms with Crippen LogP contribution in [0.2, 0.25) is 0 Å². The molecule has 0 saturated carbocycles. The van der Waals surface area contributed by atoms with E-state index in [-0.39, 0.29) is 0 Å². The van der Waals surface area contributed by atoms with Crippen LogP contribution in [0.1, 0.15) is 33.6 Å². The van der Waals surface area contributed by atoms with E-state index in [0.29, 0.717) is 13.2 Å². The summed E-state index contributed by atoms with van der Waals surface area (Å²) in [6, 6.07) is 1.75. The van der Waals surface area contributed by atoms with Crippen LogP contribution in [0.15, 0.2) is 0 Å². The van der Waals surface area contributed by atoms with Crippen molar-refractivity contribution in [2.75, 3.05) is 13.2 Å². The second-order valence-electron chi connectivity index (χ2n) is 2.17. The Balaban J connectivity index is 0. The zero-order valence-corrected chi connectivity index (χ0v) is 8.50. The SMILES string of the molecule is CC#N.CCCOC(=O)OCCC. The summed E-state index contributed by atoms with van der Waals surface area (Å²) in [6.07, 6.45) is 1.12. The molecule has 76 valence electrons. The van der Waals surface area contributed by atoms with Gasteiger partial charge in [-0.3, -0.25) is 0 Å². The lowest BCUT2D eigenvalue weighted by Gasteiger charge is -2.02. The fourth-order valence-electron chi connectivity index (χ4n) is 0.412. The summed E-state index contributed by atoms with van der Waals surface area (Å²) < 4.78 is 9.26. The Bertz CT molecular complexity index is 141. The molecule has 0 aromatic heterocycles. The molecule has 0 saturated heterocycles. The van der Waals surface area contributed by atoms with Crippen LogP contribution in [0.5, 0.6) is 0 Å². The number of nitrogens with zero attached hydrogens (tertiary/aromatic N) is 1. The van der Waals surface area contributed by atoms with Gasteiger partial charge in [0, 0.05) is 6.92 Å². The molecule has 0 aliphatic rings. The summed E-state index contributed by atoms with van der Waals surface area (Å²) in [5, 5.41) is 7.32. The third-order valence-corrected chi connectivity index (χ3v) is 0.848. The molecule has 13 heavy (non-hydrogen) atoms. The molecule has 0 heterocycles. The first-order valence-corrected chi connectivity index (χ1v) is 4.33. The molecule has 0 unspecified atom stereocenters. The zero-order valence-electron chi connectivity index (χ0n) is 8.50. The van der Waals surface area contributed by atoms with Crippen LogP contribution in [-0.2, 0) is 9.47 Å². The number of hydrogen-bond donors (Lipinski definition) is 0. The highest BCUT2D eigenvalue weighted by molar-refractivity contribution is 5.59. The maximum atomic E-state index is 10.5. The van der Waals surface area contributed by atoms with Gasteiger partial charge in [-0.05, 0) is 12.8 Å². The van der Waals surface area contributed by atoms with Crippen molar-refractivity contribution in [3.8, 4) is 6.07 Å². The van der Waals surface area contributed by atoms with Crippen molar-refractivity contribution in [1.29, 1.82) is 5.26 Å². The van der Waals surface area contributed by atoms with E-state index < -0.39 is 6.16 Å². The first-order chi connectivity index (χ1) is 6.22. The van der Waals surface area contributed by atoms with E-state index in [1.165, 1.54) is 6.92 Å². The van der Waals surface area contributed by atoms with Crippen molar-refractivity contribution in [2.24, 2.45) is 0 Å². The van der Waals surface area contributed by atoms with Crippen LogP contribution >= 0.6 is 0 Å². The predicted octanol–water partition coefficient (Wildman–Crippen LogP) is 2.49. The Hall–Kier alpha value is -1.24. The van der Waals surface area contributed by atoms with Crippen molar-refractivity contribution < 1.29 is 14.3 Å². The topological polar surface area (TPSA) is 59.3 Å². The normalized spacial score (nSPS) is 7.54. The standard InChI is InChI=1S/C7H14O3.C2H3N/c1-3-5-9-7(8)10-6-4-2;1-2-3/h3-6H2,1-2H3;1H3. The van der Waals surface area contributed by atoms with Gasteiger partial charge in [0.1, 0.15) is 0 Å². The van der Waals surface area contributed by atoms with Gasteiger partial charge in [0.05, 0.1) is 19.3 Å². The molecule has 0 aromatic rings. The van der Waals surface area contributed by atoms with Gasteiger partial charge in [-0.15, -0.1) is 0 Å². The van der Waals surface area contributed by atoms with Gasteiger partial charge in [-0.2, -0.15) is 5.26 Å². The smallest absolute Gasteiger partial charge is 0.434 e. The zero-order chi connectivity index (χ0) is 10.5. The van der Waals surface area contributed by atoms with E-state index >= 15 is 0 Å². The second-order valence-corrected chi connectivity index (χ2v) is 2.17. The maximum absolute atomic E-state index is 10.5. The first-order valence-electron chi connectivity index (χ1n) is 4.33. The number of carbonyl (C=O) groups excluding carboxylic acids is 1. The molecule has 0 atom stereocenters. The van der Waals surface area contributed by atoms with Crippen molar-refractivity contribution >= 4 is 6.16 Å². The lowest BCUT2D eigenvalue weighted by atomic mass is 10.5. The van der Waals surface area contributed by atoms with Gasteiger partial charge in [-0.1, -0.05) is 13.8 Å². The van der Waals surface area contributed by atoms with E-state index in [0.717, 1.165) is 12.8 Å². The van der Waals surface area contributed by atoms with E-state index in [2.05, 4.69) is 9.47 Å². The molecule has 4 heteroatoms. The van der Waals surface area contributed by atoms with Crippen LogP contribution in [0, 0.1) is 11.3 Å². The summed E-state index contributed by atoms with van der Waals surface area (Å²) in [5.74, 6) is 0. The Kier molecular flexibility index (Phi) is 14.7. The molecule has 0 N–H and O–H groups in total. The van der Waals surface area contributed by atoms with Crippen molar-refractivity contribution in [3.63, 3.8) is 0 Å². The molecule has 0 aromatic carbocycles. The van der Waals surface area contributed by atoms with Crippen molar-refractivity contribution in [3.05, 3.63) is 0 Å². The summed E-state index contributed by atoms with van der Waals surface area (Å²) in [7, 11) is 0. The summed E-state index contributed by atoms with van der Waals surface area (Å²) in [4.78, 5) is 10.5. The molecular weight excluding hydrogens is 170 g/mol. The van der Waals surface area contributed by atoms with Gasteiger partial charge in [0.25, 0.3) is 0 Å². The Morgan fingerprint density at radius 3 is 1.77 bits per heavy atom. The van der Waals surface area contributed by atoms with Gasteiger partial charge in [0.2, 0.25) is 0 Å². The molecule has 0 spiro atoms. The lowest BCUT2D eigenvalue weighted by Crippen LogP contribution is -2.08. The number of nitriles is 1. The summed E-state index contributed by atoms with van der Waals surface area (Å²) in [6.45, 7) is 6.20. The van der Waals surface area contributed by atoms with E-state index in [4.69, 9.17) is 5.26 Å². The quantitative estimate of drug-likeness (QED) is 0.634. The molecule has 0 aliphatic heterocycles. The maximum Gasteiger partial charge on any atom is 0.508 e. The van der Waals surface area contributed by atoms with Crippen molar-refractivity contribution in [2.45, 2.75) is 33.6 Å². The molecule has 0 rings (SSSR count). The minimum absolute atomic E-state index is 0.447. The Labute approximate surface area is 79.4 Å². The molecule has 0 amide bonds. The fourth-order valence-corrected chi connectivity index (χ4v) is 0.412. The van der Waals surface area contributed by atoms with Gasteiger partial charge < -0.3 is 9.47 Å². The first kappa shape index (κ1) is 14.3. The second kappa shape index (κ2) is 13.4. The molecule has 0 fully saturated rings. The van der Waals surface area contributed by atoms with Crippen molar-refractivity contribution in [1.82, 2.24) is 0 Å². The van der Waals surface area contributed by atoms with Crippen LogP contribution in [0.3, 0.4) is 0 Å². The molecule has 0 aliphatic carbocycles. The molecular formula is C9H17NO3. The average molecular weight is 187 g/mol. The molecule has 0 bridgehead atoms. The number of hydrogen-bond acceptors (Lipinski definition) is 4. The van der Waals surface area contributed by atoms with E-state index in [1.807, 2.05) is 13.8 Å². The van der Waals surface area contributed by atoms with Gasteiger partial charge >= 0.3 is 6.16 Å². The number of carbonyl (C=O) groups is 1. The highest BCUT2D eigenvalue weighted by Gasteiger charge is 1.99. The summed E-state index contributed by atoms with van der Waals surface area (Å²) >= 11 is 0.